The van der Waals surface area contributed by atoms with Crippen LogP contribution in [-0.2, 0) is 9.53 Å². The van der Waals surface area contributed by atoms with Crippen LogP contribution in [-0.4, -0.2) is 28.9 Å². The molecule has 9 nitrogen and oxygen atoms in total. The second-order valence-corrected chi connectivity index (χ2v) is 5.09. The number of nitrogens with zero attached hydrogens (tertiary/aromatic N) is 2. The minimum atomic E-state index is -0.746. The number of anilines is 1. The first kappa shape index (κ1) is 18.6. The Morgan fingerprint density at radius 1 is 1.35 bits per heavy atom. The smallest absolute Gasteiger partial charge is 0.341 e. The van der Waals surface area contributed by atoms with Gasteiger partial charge in [0.05, 0.1) is 12.0 Å². The van der Waals surface area contributed by atoms with Crippen molar-refractivity contribution in [2.24, 2.45) is 0 Å². The number of nitrogens with one attached hydrogen (secondary N) is 1. The van der Waals surface area contributed by atoms with Crippen LogP contribution in [0.25, 0.3) is 0 Å². The lowest BCUT2D eigenvalue weighted by molar-refractivity contribution is -0.386. The van der Waals surface area contributed by atoms with Crippen LogP contribution in [0.5, 0.6) is 11.6 Å². The molecule has 0 fully saturated rings. The molecule has 9 heteroatoms. The van der Waals surface area contributed by atoms with E-state index in [-0.39, 0.29) is 22.9 Å². The van der Waals surface area contributed by atoms with E-state index in [1.54, 1.807) is 6.92 Å². The maximum atomic E-state index is 12.0. The molecule has 0 saturated heterocycles. The molecule has 0 aliphatic carbocycles. The van der Waals surface area contributed by atoms with Crippen molar-refractivity contribution in [3.63, 3.8) is 0 Å². The summed E-state index contributed by atoms with van der Waals surface area (Å²) in [6.45, 7) is 4.99. The Labute approximate surface area is 148 Å². The molecular weight excluding hydrogens is 342 g/mol. The average molecular weight is 357 g/mol. The van der Waals surface area contributed by atoms with Gasteiger partial charge in [-0.15, -0.1) is 0 Å². The lowest BCUT2D eigenvalue weighted by atomic mass is 10.1. The number of carbonyl (C=O) groups excluding carboxylic acids is 2. The number of esters is 1. The third-order valence-electron chi connectivity index (χ3n) is 3.21. The molecule has 2 rings (SSSR count). The van der Waals surface area contributed by atoms with Gasteiger partial charge in [0.15, 0.2) is 0 Å². The molecule has 134 valence electrons. The van der Waals surface area contributed by atoms with Crippen molar-refractivity contribution < 1.29 is 24.0 Å². The number of nitro groups is 1. The van der Waals surface area contributed by atoms with Gasteiger partial charge < -0.3 is 14.8 Å². The van der Waals surface area contributed by atoms with Crippen LogP contribution in [0.15, 0.2) is 43.1 Å². The summed E-state index contributed by atoms with van der Waals surface area (Å²) < 4.78 is 10.2. The van der Waals surface area contributed by atoms with Crippen LogP contribution in [0.4, 0.5) is 11.4 Å². The van der Waals surface area contributed by atoms with Gasteiger partial charge in [0.2, 0.25) is 5.91 Å². The normalized spacial score (nSPS) is 9.92. The van der Waals surface area contributed by atoms with Crippen molar-refractivity contribution in [3.8, 4) is 11.6 Å². The summed E-state index contributed by atoms with van der Waals surface area (Å²) in [5.41, 5.74) is 0.504. The molecule has 1 aromatic carbocycles. The van der Waals surface area contributed by atoms with Crippen LogP contribution >= 0.6 is 0 Å². The quantitative estimate of drug-likeness (QED) is 0.365. The van der Waals surface area contributed by atoms with Crippen LogP contribution < -0.4 is 10.1 Å². The number of pyridine rings is 1. The Bertz CT molecular complexity index is 894. The van der Waals surface area contributed by atoms with Crippen LogP contribution in [0, 0.1) is 17.0 Å². The summed E-state index contributed by atoms with van der Waals surface area (Å²) in [7, 11) is 1.17. The minimum Gasteiger partial charge on any atom is -0.465 e. The number of rotatable bonds is 6. The number of benzene rings is 1. The maximum Gasteiger partial charge on any atom is 0.341 e. The van der Waals surface area contributed by atoms with Gasteiger partial charge in [-0.05, 0) is 36.8 Å². The Balaban J connectivity index is 2.46. The van der Waals surface area contributed by atoms with E-state index in [1.165, 1.54) is 37.6 Å². The van der Waals surface area contributed by atoms with Gasteiger partial charge in [0, 0.05) is 18.0 Å². The Hall–Kier alpha value is -3.75. The Kier molecular flexibility index (Phi) is 5.63. The topological polar surface area (TPSA) is 121 Å². The van der Waals surface area contributed by atoms with Crippen LogP contribution in [0.2, 0.25) is 0 Å². The third-order valence-corrected chi connectivity index (χ3v) is 3.21. The molecule has 0 atom stereocenters. The van der Waals surface area contributed by atoms with E-state index >= 15 is 0 Å². The lowest BCUT2D eigenvalue weighted by Gasteiger charge is -2.11. The number of ether oxygens (including phenoxy) is 2. The number of hydrogen-bond acceptors (Lipinski definition) is 7. The van der Waals surface area contributed by atoms with E-state index < -0.39 is 16.8 Å². The van der Waals surface area contributed by atoms with E-state index in [2.05, 4.69) is 16.9 Å². The monoisotopic (exact) mass is 357 g/mol. The summed E-state index contributed by atoms with van der Waals surface area (Å²) >= 11 is 0. The van der Waals surface area contributed by atoms with E-state index in [4.69, 9.17) is 9.47 Å². The van der Waals surface area contributed by atoms with Gasteiger partial charge in [-0.3, -0.25) is 14.9 Å². The van der Waals surface area contributed by atoms with Crippen LogP contribution in [0.3, 0.4) is 0 Å². The summed E-state index contributed by atoms with van der Waals surface area (Å²) in [6.07, 6.45) is 2.47. The van der Waals surface area contributed by atoms with E-state index in [0.717, 1.165) is 6.08 Å². The standard InChI is InChI=1S/C17H15N3O6/c1-4-15(21)19-11-5-6-14(12(8-11)17(22)25-3)26-16-13(20(23)24)7-10(2)9-18-16/h4-9H,1H2,2-3H3,(H,19,21). The molecule has 0 aliphatic heterocycles. The summed E-state index contributed by atoms with van der Waals surface area (Å²) in [5.74, 6) is -1.49. The fourth-order valence-corrected chi connectivity index (χ4v) is 2.01. The first-order valence-corrected chi connectivity index (χ1v) is 7.30. The molecule has 0 aliphatic rings. The molecule has 1 aromatic heterocycles. The fraction of sp³-hybridized carbons (Fsp3) is 0.118. The zero-order valence-electron chi connectivity index (χ0n) is 14.0. The van der Waals surface area contributed by atoms with Crippen molar-refractivity contribution in [1.29, 1.82) is 0 Å². The molecule has 1 heterocycles. The molecule has 0 radical (unpaired) electrons. The molecule has 0 unspecified atom stereocenters. The van der Waals surface area contributed by atoms with Gasteiger partial charge in [-0.25, -0.2) is 9.78 Å². The fourth-order valence-electron chi connectivity index (χ4n) is 2.01. The first-order chi connectivity index (χ1) is 12.3. The number of amides is 1. The number of hydrogen-bond donors (Lipinski definition) is 1. The zero-order valence-corrected chi connectivity index (χ0v) is 14.0. The number of methoxy groups -OCH3 is 1. The SMILES string of the molecule is C=CC(=O)Nc1ccc(Oc2ncc(C)cc2[N+](=O)[O-])c(C(=O)OC)c1. The molecule has 0 saturated carbocycles. The second kappa shape index (κ2) is 7.88. The molecule has 0 spiro atoms. The van der Waals surface area contributed by atoms with E-state index in [9.17, 15) is 19.7 Å². The first-order valence-electron chi connectivity index (χ1n) is 7.30. The maximum absolute atomic E-state index is 12.0. The lowest BCUT2D eigenvalue weighted by Crippen LogP contribution is -2.10. The molecular formula is C17H15N3O6. The predicted octanol–water partition coefficient (Wildman–Crippen LogP) is 3.00. The molecule has 2 aromatic rings. The molecule has 0 bridgehead atoms. The zero-order chi connectivity index (χ0) is 19.3. The van der Waals surface area contributed by atoms with E-state index in [1.807, 2.05) is 0 Å². The van der Waals surface area contributed by atoms with Crippen molar-refractivity contribution in [2.75, 3.05) is 12.4 Å². The van der Waals surface area contributed by atoms with Crippen molar-refractivity contribution >= 4 is 23.3 Å². The largest absolute Gasteiger partial charge is 0.465 e. The Morgan fingerprint density at radius 2 is 2.08 bits per heavy atom. The van der Waals surface area contributed by atoms with Crippen LogP contribution in [0.1, 0.15) is 15.9 Å². The van der Waals surface area contributed by atoms with Gasteiger partial charge in [-0.2, -0.15) is 0 Å². The van der Waals surface area contributed by atoms with Gasteiger partial charge in [0.25, 0.3) is 5.88 Å². The summed E-state index contributed by atoms with van der Waals surface area (Å²) in [5, 5.41) is 13.7. The number of aryl methyl sites for hydroxylation is 1. The highest BCUT2D eigenvalue weighted by Gasteiger charge is 2.21. The highest BCUT2D eigenvalue weighted by atomic mass is 16.6. The highest BCUT2D eigenvalue weighted by molar-refractivity contribution is 6.00. The number of carbonyl (C=O) groups is 2. The minimum absolute atomic E-state index is 0.00657. The van der Waals surface area contributed by atoms with Gasteiger partial charge in [-0.1, -0.05) is 6.58 Å². The molecule has 1 N–H and O–H groups in total. The summed E-state index contributed by atoms with van der Waals surface area (Å²) in [4.78, 5) is 37.9. The number of aromatic nitrogens is 1. The summed E-state index contributed by atoms with van der Waals surface area (Å²) in [6, 6.07) is 5.46. The third kappa shape index (κ3) is 4.20. The van der Waals surface area contributed by atoms with Crippen molar-refractivity contribution in [3.05, 3.63) is 64.4 Å². The van der Waals surface area contributed by atoms with Crippen molar-refractivity contribution in [2.45, 2.75) is 6.92 Å². The van der Waals surface area contributed by atoms with Crippen molar-refractivity contribution in [1.82, 2.24) is 4.98 Å². The second-order valence-electron chi connectivity index (χ2n) is 5.09. The molecule has 26 heavy (non-hydrogen) atoms. The predicted molar refractivity (Wildman–Crippen MR) is 92.3 cm³/mol. The highest BCUT2D eigenvalue weighted by Crippen LogP contribution is 2.33. The van der Waals surface area contributed by atoms with E-state index in [0.29, 0.717) is 11.3 Å². The average Bonchev–Trinajstić information content (AvgIpc) is 2.63. The van der Waals surface area contributed by atoms with Gasteiger partial charge in [0.1, 0.15) is 11.3 Å². The Morgan fingerprint density at radius 3 is 2.69 bits per heavy atom. The molecule has 1 amide bonds. The van der Waals surface area contributed by atoms with Gasteiger partial charge >= 0.3 is 11.7 Å².